The largest absolute Gasteiger partial charge is 0.373 e. The van der Waals surface area contributed by atoms with Crippen molar-refractivity contribution in [3.05, 3.63) is 35.0 Å². The van der Waals surface area contributed by atoms with Gasteiger partial charge >= 0.3 is 0 Å². The molecule has 20 heavy (non-hydrogen) atoms. The molecule has 0 unspecified atom stereocenters. The van der Waals surface area contributed by atoms with E-state index in [1.807, 2.05) is 18.2 Å². The topological polar surface area (TPSA) is 90.8 Å². The summed E-state index contributed by atoms with van der Waals surface area (Å²) in [6, 6.07) is 5.69. The van der Waals surface area contributed by atoms with Gasteiger partial charge < -0.3 is 10.6 Å². The molecular weight excluding hydrogens is 274 g/mol. The maximum Gasteiger partial charge on any atom is 0.264 e. The van der Waals surface area contributed by atoms with Gasteiger partial charge in [0.05, 0.1) is 10.4 Å². The molecule has 1 amide bonds. The molecule has 1 aliphatic heterocycles. The fourth-order valence-corrected chi connectivity index (χ4v) is 2.66. The molecule has 1 aromatic heterocycles. The zero-order valence-corrected chi connectivity index (χ0v) is 11.4. The molecule has 6 nitrogen and oxygen atoms in total. The summed E-state index contributed by atoms with van der Waals surface area (Å²) < 4.78 is 0. The number of aromatic nitrogens is 2. The number of anilines is 1. The average Bonchev–Trinajstić information content (AvgIpc) is 2.76. The number of fused-ring (bicyclic) bond motifs is 1. The highest BCUT2D eigenvalue weighted by molar-refractivity contribution is 8.18. The van der Waals surface area contributed by atoms with E-state index < -0.39 is 0 Å². The lowest BCUT2D eigenvalue weighted by Crippen LogP contribution is -2.18. The number of benzene rings is 1. The first-order valence-electron chi connectivity index (χ1n) is 5.89. The van der Waals surface area contributed by atoms with Gasteiger partial charge in [0.1, 0.15) is 12.1 Å². The van der Waals surface area contributed by atoms with Gasteiger partial charge in [0.25, 0.3) is 5.91 Å². The van der Waals surface area contributed by atoms with Crippen LogP contribution in [0.25, 0.3) is 17.0 Å². The Hall–Kier alpha value is -2.41. The molecule has 1 saturated heterocycles. The summed E-state index contributed by atoms with van der Waals surface area (Å²) >= 11 is 1.12. The zero-order chi connectivity index (χ0) is 14.1. The van der Waals surface area contributed by atoms with E-state index >= 15 is 0 Å². The third-order valence-corrected chi connectivity index (χ3v) is 3.69. The molecule has 1 fully saturated rings. The summed E-state index contributed by atoms with van der Waals surface area (Å²) in [7, 11) is 1.80. The second kappa shape index (κ2) is 4.93. The molecule has 0 aliphatic carbocycles. The number of hydrogen-bond acceptors (Lipinski definition) is 6. The molecule has 2 heterocycles. The van der Waals surface area contributed by atoms with E-state index in [4.69, 9.17) is 5.41 Å². The Morgan fingerprint density at radius 2 is 2.25 bits per heavy atom. The molecule has 0 saturated carbocycles. The number of carbonyl (C=O) groups excluding carboxylic acids is 1. The van der Waals surface area contributed by atoms with Crippen LogP contribution in [0.15, 0.2) is 29.4 Å². The van der Waals surface area contributed by atoms with Crippen LogP contribution in [-0.2, 0) is 4.79 Å². The quantitative estimate of drug-likeness (QED) is 0.732. The van der Waals surface area contributed by atoms with E-state index in [-0.39, 0.29) is 11.1 Å². The van der Waals surface area contributed by atoms with Crippen LogP contribution in [0.2, 0.25) is 0 Å². The van der Waals surface area contributed by atoms with Crippen LogP contribution in [0, 0.1) is 5.41 Å². The normalized spacial score (nSPS) is 16.8. The Balaban J connectivity index is 2.07. The standard InChI is InChI=1S/C13H11N5OS/c1-15-11-8-4-7(2-3-9(8)16-6-17-11)5-10-12(19)18-13(14)20-10/h2-6H,1H3,(H2,14,18,19)(H,15,16,17)/b10-5-. The first kappa shape index (κ1) is 12.6. The Labute approximate surface area is 119 Å². The van der Waals surface area contributed by atoms with Gasteiger partial charge in [-0.15, -0.1) is 0 Å². The van der Waals surface area contributed by atoms with Gasteiger partial charge in [0, 0.05) is 12.4 Å². The van der Waals surface area contributed by atoms with Crippen LogP contribution in [-0.4, -0.2) is 28.1 Å². The van der Waals surface area contributed by atoms with Crippen LogP contribution < -0.4 is 10.6 Å². The molecule has 0 atom stereocenters. The molecule has 3 N–H and O–H groups in total. The zero-order valence-electron chi connectivity index (χ0n) is 10.6. The van der Waals surface area contributed by atoms with Crippen molar-refractivity contribution in [2.24, 2.45) is 0 Å². The van der Waals surface area contributed by atoms with Crippen LogP contribution in [0.3, 0.4) is 0 Å². The van der Waals surface area contributed by atoms with Crippen molar-refractivity contribution in [3.63, 3.8) is 0 Å². The third kappa shape index (κ3) is 2.23. The molecular formula is C13H11N5OS. The molecule has 1 aliphatic rings. The second-order valence-electron chi connectivity index (χ2n) is 4.14. The second-order valence-corrected chi connectivity index (χ2v) is 5.19. The smallest absolute Gasteiger partial charge is 0.264 e. The van der Waals surface area contributed by atoms with Crippen molar-refractivity contribution in [2.45, 2.75) is 0 Å². The van der Waals surface area contributed by atoms with Gasteiger partial charge in [0.15, 0.2) is 5.17 Å². The molecule has 100 valence electrons. The lowest BCUT2D eigenvalue weighted by molar-refractivity contribution is -0.115. The summed E-state index contributed by atoms with van der Waals surface area (Å²) in [5.41, 5.74) is 1.71. The van der Waals surface area contributed by atoms with Gasteiger partial charge in [0.2, 0.25) is 0 Å². The Bertz CT molecular complexity index is 756. The summed E-state index contributed by atoms with van der Waals surface area (Å²) in [5, 5.41) is 13.9. The summed E-state index contributed by atoms with van der Waals surface area (Å²) in [6.45, 7) is 0. The number of rotatable bonds is 2. The monoisotopic (exact) mass is 285 g/mol. The van der Waals surface area contributed by atoms with Crippen molar-refractivity contribution in [2.75, 3.05) is 12.4 Å². The number of nitrogens with zero attached hydrogens (tertiary/aromatic N) is 2. The number of amidine groups is 1. The van der Waals surface area contributed by atoms with Crippen LogP contribution in [0.1, 0.15) is 5.56 Å². The third-order valence-electron chi connectivity index (χ3n) is 2.86. The van der Waals surface area contributed by atoms with E-state index in [1.54, 1.807) is 13.1 Å². The van der Waals surface area contributed by atoms with E-state index in [2.05, 4.69) is 20.6 Å². The van der Waals surface area contributed by atoms with Gasteiger partial charge in [-0.1, -0.05) is 6.07 Å². The van der Waals surface area contributed by atoms with Crippen molar-refractivity contribution in [1.29, 1.82) is 5.41 Å². The molecule has 0 bridgehead atoms. The minimum atomic E-state index is -0.238. The predicted molar refractivity (Wildman–Crippen MR) is 80.5 cm³/mol. The fourth-order valence-electron chi connectivity index (χ4n) is 1.96. The van der Waals surface area contributed by atoms with Crippen LogP contribution in [0.4, 0.5) is 5.82 Å². The first-order chi connectivity index (χ1) is 9.67. The molecule has 2 aromatic rings. The number of thioether (sulfide) groups is 1. The Kier molecular flexibility index (Phi) is 3.11. The lowest BCUT2D eigenvalue weighted by atomic mass is 10.1. The number of nitrogens with one attached hydrogen (secondary N) is 3. The Morgan fingerprint density at radius 3 is 2.95 bits per heavy atom. The maximum absolute atomic E-state index is 11.6. The van der Waals surface area contributed by atoms with Crippen molar-refractivity contribution in [3.8, 4) is 0 Å². The highest BCUT2D eigenvalue weighted by atomic mass is 32.2. The minimum absolute atomic E-state index is 0.154. The first-order valence-corrected chi connectivity index (χ1v) is 6.71. The lowest BCUT2D eigenvalue weighted by Gasteiger charge is -2.04. The van der Waals surface area contributed by atoms with Crippen LogP contribution >= 0.6 is 11.8 Å². The summed E-state index contributed by atoms with van der Waals surface area (Å²) in [4.78, 5) is 20.5. The highest BCUT2D eigenvalue weighted by Gasteiger charge is 2.22. The fraction of sp³-hybridized carbons (Fsp3) is 0.0769. The van der Waals surface area contributed by atoms with E-state index in [9.17, 15) is 4.79 Å². The molecule has 1 aromatic carbocycles. The van der Waals surface area contributed by atoms with Crippen molar-refractivity contribution < 1.29 is 4.79 Å². The van der Waals surface area contributed by atoms with Gasteiger partial charge in [-0.2, -0.15) is 0 Å². The van der Waals surface area contributed by atoms with Crippen molar-refractivity contribution >= 4 is 45.6 Å². The SMILES string of the molecule is CNc1ncnc2ccc(/C=C3\SC(=N)NC3=O)cc12. The predicted octanol–water partition coefficient (Wildman–Crippen LogP) is 1.81. The Morgan fingerprint density at radius 1 is 1.40 bits per heavy atom. The number of amides is 1. The molecule has 3 rings (SSSR count). The number of hydrogen-bond donors (Lipinski definition) is 3. The molecule has 7 heteroatoms. The van der Waals surface area contributed by atoms with Gasteiger partial charge in [-0.3, -0.25) is 10.2 Å². The van der Waals surface area contributed by atoms with E-state index in [0.29, 0.717) is 4.91 Å². The summed E-state index contributed by atoms with van der Waals surface area (Å²) in [6.07, 6.45) is 3.27. The average molecular weight is 285 g/mol. The van der Waals surface area contributed by atoms with E-state index in [0.717, 1.165) is 34.0 Å². The number of carbonyl (C=O) groups is 1. The van der Waals surface area contributed by atoms with Gasteiger partial charge in [-0.25, -0.2) is 9.97 Å². The molecule has 0 radical (unpaired) electrons. The van der Waals surface area contributed by atoms with E-state index in [1.165, 1.54) is 6.33 Å². The van der Waals surface area contributed by atoms with Crippen LogP contribution in [0.5, 0.6) is 0 Å². The molecule has 0 spiro atoms. The summed E-state index contributed by atoms with van der Waals surface area (Å²) in [5.74, 6) is 0.504. The maximum atomic E-state index is 11.6. The van der Waals surface area contributed by atoms with Gasteiger partial charge in [-0.05, 0) is 35.5 Å². The minimum Gasteiger partial charge on any atom is -0.373 e. The highest BCUT2D eigenvalue weighted by Crippen LogP contribution is 2.27. The van der Waals surface area contributed by atoms with Crippen molar-refractivity contribution in [1.82, 2.24) is 15.3 Å².